The predicted octanol–water partition coefficient (Wildman–Crippen LogP) is 5.90. The molecule has 1 N–H and O–H groups in total. The summed E-state index contributed by atoms with van der Waals surface area (Å²) >= 11 is 0. The monoisotopic (exact) mass is 468 g/mol. The summed E-state index contributed by atoms with van der Waals surface area (Å²) in [4.78, 5) is 27.0. The maximum atomic E-state index is 12.7. The minimum atomic E-state index is -4.45. The Morgan fingerprint density at radius 3 is 2.47 bits per heavy atom. The lowest BCUT2D eigenvalue weighted by atomic mass is 9.84. The maximum absolute atomic E-state index is 12.7. The van der Waals surface area contributed by atoms with Gasteiger partial charge in [0.15, 0.2) is 0 Å². The van der Waals surface area contributed by atoms with Crippen LogP contribution in [0.25, 0.3) is 11.3 Å². The first-order valence-corrected chi connectivity index (χ1v) is 11.3. The Labute approximate surface area is 194 Å². The first-order chi connectivity index (χ1) is 16.3. The third-order valence-corrected chi connectivity index (χ3v) is 6.51. The molecule has 0 atom stereocenters. The van der Waals surface area contributed by atoms with Crippen LogP contribution in [0.15, 0.2) is 59.0 Å². The number of carbonyl (C=O) groups is 2. The molecule has 0 radical (unpaired) electrons. The van der Waals surface area contributed by atoms with Crippen molar-refractivity contribution in [1.29, 1.82) is 0 Å². The SMILES string of the molecule is O=C(Nc1cccc(-c2cc3c(o2)CCN(C(=O)C2CCC2)C3)c1)c1ccc(C(F)(F)F)cc1. The molecular weight excluding hydrogens is 445 g/mol. The smallest absolute Gasteiger partial charge is 0.416 e. The topological polar surface area (TPSA) is 62.6 Å². The fourth-order valence-electron chi connectivity index (χ4n) is 4.34. The molecule has 2 aliphatic rings. The van der Waals surface area contributed by atoms with Gasteiger partial charge < -0.3 is 14.6 Å². The van der Waals surface area contributed by atoms with Gasteiger partial charge in [0.05, 0.1) is 5.56 Å². The molecule has 1 aliphatic heterocycles. The molecule has 5 nitrogen and oxygen atoms in total. The second-order valence-electron chi connectivity index (χ2n) is 8.81. The van der Waals surface area contributed by atoms with Crippen LogP contribution >= 0.6 is 0 Å². The summed E-state index contributed by atoms with van der Waals surface area (Å²) in [6, 6.07) is 13.1. The van der Waals surface area contributed by atoms with E-state index in [4.69, 9.17) is 4.42 Å². The summed E-state index contributed by atoms with van der Waals surface area (Å²) < 4.78 is 44.3. The quantitative estimate of drug-likeness (QED) is 0.518. The molecule has 1 fully saturated rings. The minimum Gasteiger partial charge on any atom is -0.461 e. The molecule has 2 amide bonds. The number of fused-ring (bicyclic) bond motifs is 1. The van der Waals surface area contributed by atoms with E-state index < -0.39 is 17.6 Å². The molecule has 0 unspecified atom stereocenters. The molecule has 3 aromatic rings. The van der Waals surface area contributed by atoms with Crippen LogP contribution in [0, 0.1) is 5.92 Å². The average molecular weight is 468 g/mol. The summed E-state index contributed by atoms with van der Waals surface area (Å²) in [5.41, 5.74) is 1.58. The van der Waals surface area contributed by atoms with Gasteiger partial charge in [-0.1, -0.05) is 18.6 Å². The Morgan fingerprint density at radius 1 is 1.03 bits per heavy atom. The molecule has 5 rings (SSSR count). The van der Waals surface area contributed by atoms with Gasteiger partial charge in [0.2, 0.25) is 5.91 Å². The molecule has 34 heavy (non-hydrogen) atoms. The molecular formula is C26H23F3N2O3. The van der Waals surface area contributed by atoms with Gasteiger partial charge in [0, 0.05) is 47.8 Å². The number of rotatable bonds is 4. The number of carbonyl (C=O) groups excluding carboxylic acids is 2. The number of hydrogen-bond acceptors (Lipinski definition) is 3. The highest BCUT2D eigenvalue weighted by Gasteiger charge is 2.32. The first kappa shape index (κ1) is 22.3. The van der Waals surface area contributed by atoms with E-state index in [1.807, 2.05) is 17.0 Å². The largest absolute Gasteiger partial charge is 0.461 e. The zero-order chi connectivity index (χ0) is 23.9. The number of hydrogen-bond donors (Lipinski definition) is 1. The van der Waals surface area contributed by atoms with Crippen LogP contribution in [0.1, 0.15) is 46.5 Å². The van der Waals surface area contributed by atoms with Crippen LogP contribution in [0.5, 0.6) is 0 Å². The van der Waals surface area contributed by atoms with Crippen molar-refractivity contribution in [2.45, 2.75) is 38.4 Å². The van der Waals surface area contributed by atoms with Gasteiger partial charge >= 0.3 is 6.18 Å². The van der Waals surface area contributed by atoms with E-state index in [1.165, 1.54) is 0 Å². The zero-order valence-electron chi connectivity index (χ0n) is 18.3. The fraction of sp³-hybridized carbons (Fsp3) is 0.308. The van der Waals surface area contributed by atoms with Crippen molar-refractivity contribution >= 4 is 17.5 Å². The minimum absolute atomic E-state index is 0.128. The molecule has 1 saturated carbocycles. The summed E-state index contributed by atoms with van der Waals surface area (Å²) in [5.74, 6) is 1.40. The molecule has 0 bridgehead atoms. The second kappa shape index (κ2) is 8.66. The van der Waals surface area contributed by atoms with Crippen LogP contribution in [0.3, 0.4) is 0 Å². The Balaban J connectivity index is 1.29. The van der Waals surface area contributed by atoms with Crippen LogP contribution in [0.2, 0.25) is 0 Å². The van der Waals surface area contributed by atoms with Crippen molar-refractivity contribution in [3.63, 3.8) is 0 Å². The maximum Gasteiger partial charge on any atom is 0.416 e. The average Bonchev–Trinajstić information content (AvgIpc) is 3.21. The lowest BCUT2D eigenvalue weighted by Gasteiger charge is -2.33. The number of alkyl halides is 3. The van der Waals surface area contributed by atoms with Gasteiger partial charge in [-0.25, -0.2) is 0 Å². The molecule has 176 valence electrons. The van der Waals surface area contributed by atoms with Crippen LogP contribution in [-0.4, -0.2) is 23.3 Å². The number of nitrogens with one attached hydrogen (secondary N) is 1. The number of benzene rings is 2. The molecule has 1 aliphatic carbocycles. The van der Waals surface area contributed by atoms with Gasteiger partial charge in [-0.15, -0.1) is 0 Å². The Morgan fingerprint density at radius 2 is 1.79 bits per heavy atom. The number of halogens is 3. The zero-order valence-corrected chi connectivity index (χ0v) is 18.3. The van der Waals surface area contributed by atoms with Gasteiger partial charge in [0.25, 0.3) is 5.91 Å². The lowest BCUT2D eigenvalue weighted by Crippen LogP contribution is -2.41. The van der Waals surface area contributed by atoms with Crippen molar-refractivity contribution in [2.24, 2.45) is 5.92 Å². The summed E-state index contributed by atoms with van der Waals surface area (Å²) in [6.45, 7) is 1.19. The van der Waals surface area contributed by atoms with E-state index in [2.05, 4.69) is 5.32 Å². The Kier molecular flexibility index (Phi) is 5.67. The Bertz CT molecular complexity index is 1230. The van der Waals surface area contributed by atoms with Crippen molar-refractivity contribution < 1.29 is 27.2 Å². The highest BCUT2D eigenvalue weighted by Crippen LogP contribution is 2.34. The molecule has 2 aromatic carbocycles. The summed E-state index contributed by atoms with van der Waals surface area (Å²) in [7, 11) is 0. The summed E-state index contributed by atoms with van der Waals surface area (Å²) in [6.07, 6.45) is -0.712. The van der Waals surface area contributed by atoms with Crippen LogP contribution in [-0.2, 0) is 23.9 Å². The predicted molar refractivity (Wildman–Crippen MR) is 120 cm³/mol. The van der Waals surface area contributed by atoms with Crippen LogP contribution in [0.4, 0.5) is 18.9 Å². The van der Waals surface area contributed by atoms with E-state index in [0.717, 1.165) is 60.4 Å². The molecule has 8 heteroatoms. The van der Waals surface area contributed by atoms with E-state index in [-0.39, 0.29) is 17.4 Å². The molecule has 1 aromatic heterocycles. The highest BCUT2D eigenvalue weighted by molar-refractivity contribution is 6.04. The van der Waals surface area contributed by atoms with Crippen molar-refractivity contribution in [3.8, 4) is 11.3 Å². The first-order valence-electron chi connectivity index (χ1n) is 11.3. The Hall–Kier alpha value is -3.55. The van der Waals surface area contributed by atoms with Crippen molar-refractivity contribution in [2.75, 3.05) is 11.9 Å². The van der Waals surface area contributed by atoms with Gasteiger partial charge in [-0.3, -0.25) is 9.59 Å². The third-order valence-electron chi connectivity index (χ3n) is 6.51. The third kappa shape index (κ3) is 4.44. The van der Waals surface area contributed by atoms with E-state index in [0.29, 0.717) is 31.0 Å². The van der Waals surface area contributed by atoms with Crippen molar-refractivity contribution in [3.05, 3.63) is 77.0 Å². The van der Waals surface area contributed by atoms with Gasteiger partial charge in [0.1, 0.15) is 11.5 Å². The van der Waals surface area contributed by atoms with E-state index >= 15 is 0 Å². The fourth-order valence-corrected chi connectivity index (χ4v) is 4.34. The molecule has 0 saturated heterocycles. The van der Waals surface area contributed by atoms with Gasteiger partial charge in [-0.2, -0.15) is 13.2 Å². The van der Waals surface area contributed by atoms with Crippen LogP contribution < -0.4 is 5.32 Å². The van der Waals surface area contributed by atoms with Crippen molar-refractivity contribution in [1.82, 2.24) is 4.90 Å². The van der Waals surface area contributed by atoms with E-state index in [9.17, 15) is 22.8 Å². The number of anilines is 1. The number of amides is 2. The lowest BCUT2D eigenvalue weighted by molar-refractivity contribution is -0.139. The number of furan rings is 1. The molecule has 2 heterocycles. The molecule has 0 spiro atoms. The highest BCUT2D eigenvalue weighted by atomic mass is 19.4. The number of nitrogens with zero attached hydrogens (tertiary/aromatic N) is 1. The normalized spacial score (nSPS) is 16.0. The summed E-state index contributed by atoms with van der Waals surface area (Å²) in [5, 5.41) is 2.72. The van der Waals surface area contributed by atoms with Gasteiger partial charge in [-0.05, 0) is 55.3 Å². The standard InChI is InChI=1S/C26H23F3N2O3/c27-26(28,29)20-9-7-16(8-10-20)24(32)30-21-6-2-5-18(13-21)23-14-19-15-31(12-11-22(19)34-23)25(33)17-3-1-4-17/h2,5-10,13-14,17H,1,3-4,11-12,15H2,(H,30,32). The van der Waals surface area contributed by atoms with E-state index in [1.54, 1.807) is 18.2 Å². The second-order valence-corrected chi connectivity index (χ2v) is 8.81.